The molecule has 2 aromatic carbocycles. The standard InChI is InChI=1S/C24H25FN2O3/c1-15-18(4-3-5-21(15)25)16-6-7-19-17(9-11-30-23(19)12-16)13-27-22-14-26-10-8-20(22)24(28)29-2/h3-8,10,12,14,17,24,27-28H,9,11,13H2,1-2H3/t17-,24?/m1/s1. The zero-order chi connectivity index (χ0) is 21.1. The number of nitrogens with zero attached hydrogens (tertiary/aromatic N) is 1. The molecule has 0 saturated carbocycles. The van der Waals surface area contributed by atoms with E-state index in [-0.39, 0.29) is 11.7 Å². The Morgan fingerprint density at radius 2 is 2.17 bits per heavy atom. The smallest absolute Gasteiger partial charge is 0.182 e. The van der Waals surface area contributed by atoms with Gasteiger partial charge in [0.1, 0.15) is 11.6 Å². The first-order valence-corrected chi connectivity index (χ1v) is 9.99. The minimum absolute atomic E-state index is 0.210. The highest BCUT2D eigenvalue weighted by molar-refractivity contribution is 5.70. The molecule has 0 spiro atoms. The molecule has 0 saturated heterocycles. The van der Waals surface area contributed by atoms with E-state index < -0.39 is 6.29 Å². The molecule has 0 fully saturated rings. The predicted octanol–water partition coefficient (Wildman–Crippen LogP) is 4.81. The Kier molecular flexibility index (Phi) is 5.97. The number of nitrogens with one attached hydrogen (secondary N) is 1. The number of benzene rings is 2. The molecular formula is C24H25FN2O3. The van der Waals surface area contributed by atoms with Crippen molar-refractivity contribution in [2.45, 2.75) is 25.6 Å². The third kappa shape index (κ3) is 4.01. The van der Waals surface area contributed by atoms with Crippen LogP contribution >= 0.6 is 0 Å². The molecule has 2 N–H and O–H groups in total. The second kappa shape index (κ2) is 8.81. The Labute approximate surface area is 175 Å². The lowest BCUT2D eigenvalue weighted by molar-refractivity contribution is -0.0764. The van der Waals surface area contributed by atoms with Gasteiger partial charge in [-0.05, 0) is 53.8 Å². The number of aromatic nitrogens is 1. The molecule has 1 aliphatic heterocycles. The van der Waals surface area contributed by atoms with Gasteiger partial charge in [0.05, 0.1) is 18.5 Å². The molecule has 2 atom stereocenters. The number of halogens is 1. The number of methoxy groups -OCH3 is 1. The number of anilines is 1. The van der Waals surface area contributed by atoms with Crippen LogP contribution in [0.15, 0.2) is 54.9 Å². The van der Waals surface area contributed by atoms with Gasteiger partial charge in [-0.25, -0.2) is 4.39 Å². The van der Waals surface area contributed by atoms with Crippen molar-refractivity contribution in [3.05, 3.63) is 77.4 Å². The SMILES string of the molecule is COC(O)c1ccncc1NC[C@H]1CCOc2cc(-c3cccc(F)c3C)ccc21. The molecule has 3 aromatic rings. The average molecular weight is 408 g/mol. The molecule has 2 heterocycles. The summed E-state index contributed by atoms with van der Waals surface area (Å²) >= 11 is 0. The van der Waals surface area contributed by atoms with E-state index in [0.29, 0.717) is 24.3 Å². The third-order valence-electron chi connectivity index (χ3n) is 5.64. The number of hydrogen-bond acceptors (Lipinski definition) is 5. The highest BCUT2D eigenvalue weighted by atomic mass is 19.1. The minimum atomic E-state index is -1.01. The lowest BCUT2D eigenvalue weighted by Gasteiger charge is -2.27. The fourth-order valence-electron chi connectivity index (χ4n) is 3.89. The lowest BCUT2D eigenvalue weighted by Crippen LogP contribution is -2.21. The maximum absolute atomic E-state index is 14.0. The average Bonchev–Trinajstić information content (AvgIpc) is 2.78. The van der Waals surface area contributed by atoms with E-state index in [0.717, 1.165) is 34.5 Å². The summed E-state index contributed by atoms with van der Waals surface area (Å²) < 4.78 is 24.9. The molecule has 30 heavy (non-hydrogen) atoms. The molecule has 1 unspecified atom stereocenters. The number of rotatable bonds is 6. The summed E-state index contributed by atoms with van der Waals surface area (Å²) in [5.41, 5.74) is 4.95. The van der Waals surface area contributed by atoms with E-state index in [2.05, 4.69) is 16.4 Å². The van der Waals surface area contributed by atoms with Crippen LogP contribution in [0.1, 0.15) is 35.3 Å². The molecule has 5 nitrogen and oxygen atoms in total. The Balaban J connectivity index is 1.56. The van der Waals surface area contributed by atoms with Gasteiger partial charge < -0.3 is 19.9 Å². The molecule has 1 aromatic heterocycles. The van der Waals surface area contributed by atoms with Crippen molar-refractivity contribution in [3.8, 4) is 16.9 Å². The van der Waals surface area contributed by atoms with Crippen molar-refractivity contribution in [1.29, 1.82) is 0 Å². The quantitative estimate of drug-likeness (QED) is 0.573. The largest absolute Gasteiger partial charge is 0.493 e. The van der Waals surface area contributed by atoms with Crippen LogP contribution in [-0.4, -0.2) is 30.4 Å². The van der Waals surface area contributed by atoms with E-state index >= 15 is 0 Å². The summed E-state index contributed by atoms with van der Waals surface area (Å²) in [5, 5.41) is 13.4. The van der Waals surface area contributed by atoms with Gasteiger partial charge >= 0.3 is 0 Å². The van der Waals surface area contributed by atoms with Crippen molar-refractivity contribution in [3.63, 3.8) is 0 Å². The second-order valence-corrected chi connectivity index (χ2v) is 7.43. The Morgan fingerprint density at radius 1 is 1.30 bits per heavy atom. The van der Waals surface area contributed by atoms with Gasteiger partial charge in [-0.2, -0.15) is 0 Å². The second-order valence-electron chi connectivity index (χ2n) is 7.43. The van der Waals surface area contributed by atoms with Gasteiger partial charge in [0.15, 0.2) is 6.29 Å². The van der Waals surface area contributed by atoms with Crippen molar-refractivity contribution < 1.29 is 19.0 Å². The summed E-state index contributed by atoms with van der Waals surface area (Å²) in [4.78, 5) is 4.15. The van der Waals surface area contributed by atoms with Crippen molar-refractivity contribution >= 4 is 5.69 Å². The number of fused-ring (bicyclic) bond motifs is 1. The molecule has 4 rings (SSSR count). The topological polar surface area (TPSA) is 63.6 Å². The predicted molar refractivity (Wildman–Crippen MR) is 114 cm³/mol. The van der Waals surface area contributed by atoms with Crippen molar-refractivity contribution in [2.24, 2.45) is 0 Å². The number of aliphatic hydroxyl groups excluding tert-OH is 1. The van der Waals surface area contributed by atoms with Crippen LogP contribution in [0, 0.1) is 12.7 Å². The summed E-state index contributed by atoms with van der Waals surface area (Å²) in [6, 6.07) is 12.9. The molecule has 0 amide bonds. The summed E-state index contributed by atoms with van der Waals surface area (Å²) in [7, 11) is 1.46. The number of pyridine rings is 1. The zero-order valence-corrected chi connectivity index (χ0v) is 17.1. The van der Waals surface area contributed by atoms with E-state index in [4.69, 9.17) is 9.47 Å². The number of hydrogen-bond donors (Lipinski definition) is 2. The fraction of sp³-hybridized carbons (Fsp3) is 0.292. The molecule has 1 aliphatic rings. The minimum Gasteiger partial charge on any atom is -0.493 e. The van der Waals surface area contributed by atoms with E-state index in [1.807, 2.05) is 18.2 Å². The maximum atomic E-state index is 14.0. The molecule has 6 heteroatoms. The van der Waals surface area contributed by atoms with Crippen LogP contribution in [0.25, 0.3) is 11.1 Å². The van der Waals surface area contributed by atoms with Gasteiger partial charge in [0.2, 0.25) is 0 Å². The summed E-state index contributed by atoms with van der Waals surface area (Å²) in [5.74, 6) is 0.862. The van der Waals surface area contributed by atoms with E-state index in [9.17, 15) is 9.50 Å². The Morgan fingerprint density at radius 3 is 3.00 bits per heavy atom. The first-order chi connectivity index (χ1) is 14.6. The van der Waals surface area contributed by atoms with Gasteiger partial charge in [-0.1, -0.05) is 24.3 Å². The Hall–Kier alpha value is -2.96. The summed E-state index contributed by atoms with van der Waals surface area (Å²) in [6.07, 6.45) is 3.19. The normalized spacial score (nSPS) is 16.5. The fourth-order valence-corrected chi connectivity index (χ4v) is 3.89. The highest BCUT2D eigenvalue weighted by Gasteiger charge is 2.23. The summed E-state index contributed by atoms with van der Waals surface area (Å²) in [6.45, 7) is 3.08. The monoisotopic (exact) mass is 408 g/mol. The van der Waals surface area contributed by atoms with Crippen LogP contribution in [0.2, 0.25) is 0 Å². The van der Waals surface area contributed by atoms with E-state index in [1.54, 1.807) is 31.5 Å². The molecular weight excluding hydrogens is 383 g/mol. The zero-order valence-electron chi connectivity index (χ0n) is 17.1. The van der Waals surface area contributed by atoms with Gasteiger partial charge in [0, 0.05) is 31.3 Å². The van der Waals surface area contributed by atoms with Crippen LogP contribution in [0.4, 0.5) is 10.1 Å². The van der Waals surface area contributed by atoms with Gasteiger partial charge in [-0.3, -0.25) is 4.98 Å². The first-order valence-electron chi connectivity index (χ1n) is 9.99. The van der Waals surface area contributed by atoms with Gasteiger partial charge in [0.25, 0.3) is 0 Å². The number of aliphatic hydroxyl groups is 1. The molecule has 0 bridgehead atoms. The molecule has 156 valence electrons. The molecule has 0 aliphatic carbocycles. The number of ether oxygens (including phenoxy) is 2. The highest BCUT2D eigenvalue weighted by Crippen LogP contribution is 2.38. The van der Waals surface area contributed by atoms with Crippen LogP contribution < -0.4 is 10.1 Å². The lowest BCUT2D eigenvalue weighted by atomic mass is 9.90. The Bertz CT molecular complexity index is 1040. The third-order valence-corrected chi connectivity index (χ3v) is 5.64. The molecule has 0 radical (unpaired) electrons. The van der Waals surface area contributed by atoms with Crippen molar-refractivity contribution in [2.75, 3.05) is 25.6 Å². The first kappa shape index (κ1) is 20.3. The van der Waals surface area contributed by atoms with Crippen molar-refractivity contribution in [1.82, 2.24) is 4.98 Å². The van der Waals surface area contributed by atoms with Crippen LogP contribution in [0.3, 0.4) is 0 Å². The van der Waals surface area contributed by atoms with E-state index in [1.165, 1.54) is 13.2 Å². The van der Waals surface area contributed by atoms with Crippen LogP contribution in [-0.2, 0) is 4.74 Å². The van der Waals surface area contributed by atoms with Crippen LogP contribution in [0.5, 0.6) is 5.75 Å². The van der Waals surface area contributed by atoms with Gasteiger partial charge in [-0.15, -0.1) is 0 Å². The maximum Gasteiger partial charge on any atom is 0.182 e.